The van der Waals surface area contributed by atoms with Gasteiger partial charge >= 0.3 is 29.6 Å². The van der Waals surface area contributed by atoms with Gasteiger partial charge in [-0.15, -0.1) is 5.10 Å². The van der Waals surface area contributed by atoms with Crippen LogP contribution in [-0.2, 0) is 0 Å². The normalized spacial score (nSPS) is 9.53. The zero-order valence-electron chi connectivity index (χ0n) is 7.87. The molecule has 0 spiro atoms. The number of H-pyrrole nitrogens is 1. The fourth-order valence-electron chi connectivity index (χ4n) is 1.09. The van der Waals surface area contributed by atoms with E-state index in [-0.39, 0.29) is 35.3 Å². The molecule has 0 atom stereocenters. The standard InChI is InChI=1S/C9H6Cl2N4O.Na.H/c10-5-1-2-7(6(11)3-5)13-9(16)8-4-12-15-14-8;;/h1-4H,(H,13,16)(H,12,14,15);;. The van der Waals surface area contributed by atoms with Gasteiger partial charge in [-0.1, -0.05) is 28.4 Å². The Kier molecular flexibility index (Phi) is 5.42. The molecule has 2 N–H and O–H groups in total. The van der Waals surface area contributed by atoms with Crippen molar-refractivity contribution in [1.82, 2.24) is 15.4 Å². The van der Waals surface area contributed by atoms with Crippen molar-refractivity contribution < 1.29 is 4.79 Å². The van der Waals surface area contributed by atoms with Gasteiger partial charge in [0.2, 0.25) is 0 Å². The fraction of sp³-hybridized carbons (Fsp3) is 0. The third-order valence-electron chi connectivity index (χ3n) is 1.83. The van der Waals surface area contributed by atoms with Crippen molar-refractivity contribution in [2.75, 3.05) is 5.32 Å². The summed E-state index contributed by atoms with van der Waals surface area (Å²) in [5.74, 6) is -0.391. The second-order valence-corrected chi connectivity index (χ2v) is 3.78. The number of carbonyl (C=O) groups is 1. The molecule has 0 fully saturated rings. The predicted molar refractivity (Wildman–Crippen MR) is 67.9 cm³/mol. The van der Waals surface area contributed by atoms with Crippen LogP contribution in [0.4, 0.5) is 5.69 Å². The van der Waals surface area contributed by atoms with E-state index in [9.17, 15) is 4.79 Å². The number of carbonyl (C=O) groups excluding carboxylic acids is 1. The molecule has 17 heavy (non-hydrogen) atoms. The molecular weight excluding hydrogens is 274 g/mol. The molecule has 1 amide bonds. The number of nitrogens with zero attached hydrogens (tertiary/aromatic N) is 2. The van der Waals surface area contributed by atoms with Gasteiger partial charge in [0, 0.05) is 5.02 Å². The monoisotopic (exact) mass is 280 g/mol. The van der Waals surface area contributed by atoms with Crippen LogP contribution in [0.2, 0.25) is 10.0 Å². The summed E-state index contributed by atoms with van der Waals surface area (Å²) in [7, 11) is 0. The summed E-state index contributed by atoms with van der Waals surface area (Å²) < 4.78 is 0. The minimum absolute atomic E-state index is 0. The summed E-state index contributed by atoms with van der Waals surface area (Å²) in [4.78, 5) is 11.6. The Morgan fingerprint density at radius 3 is 2.71 bits per heavy atom. The van der Waals surface area contributed by atoms with Crippen LogP contribution in [0.5, 0.6) is 0 Å². The molecule has 0 aliphatic rings. The number of rotatable bonds is 2. The van der Waals surface area contributed by atoms with Crippen molar-refractivity contribution in [2.45, 2.75) is 0 Å². The van der Waals surface area contributed by atoms with E-state index < -0.39 is 5.91 Å². The van der Waals surface area contributed by atoms with E-state index in [4.69, 9.17) is 23.2 Å². The molecule has 84 valence electrons. The van der Waals surface area contributed by atoms with Crippen molar-refractivity contribution in [1.29, 1.82) is 0 Å². The summed E-state index contributed by atoms with van der Waals surface area (Å²) in [6.07, 6.45) is 1.39. The molecule has 1 heterocycles. The molecule has 8 heteroatoms. The number of anilines is 1. The van der Waals surface area contributed by atoms with Crippen molar-refractivity contribution >= 4 is 64.4 Å². The van der Waals surface area contributed by atoms with Crippen LogP contribution in [0.1, 0.15) is 10.5 Å². The molecule has 0 saturated carbocycles. The number of hydrogen-bond acceptors (Lipinski definition) is 3. The van der Waals surface area contributed by atoms with Crippen LogP contribution in [0.15, 0.2) is 24.4 Å². The van der Waals surface area contributed by atoms with Crippen LogP contribution >= 0.6 is 23.2 Å². The van der Waals surface area contributed by atoms with E-state index >= 15 is 0 Å². The van der Waals surface area contributed by atoms with Crippen LogP contribution in [0.3, 0.4) is 0 Å². The average Bonchev–Trinajstić information content (AvgIpc) is 2.75. The van der Waals surface area contributed by atoms with Crippen molar-refractivity contribution in [3.8, 4) is 0 Å². The number of halogens is 2. The van der Waals surface area contributed by atoms with E-state index in [1.54, 1.807) is 18.2 Å². The Balaban J connectivity index is 0.00000144. The maximum absolute atomic E-state index is 11.6. The summed E-state index contributed by atoms with van der Waals surface area (Å²) in [6.45, 7) is 0. The van der Waals surface area contributed by atoms with E-state index in [0.717, 1.165) is 0 Å². The van der Waals surface area contributed by atoms with E-state index in [0.29, 0.717) is 15.7 Å². The topological polar surface area (TPSA) is 70.7 Å². The number of amides is 1. The Labute approximate surface area is 129 Å². The molecule has 2 aromatic rings. The van der Waals surface area contributed by atoms with Crippen LogP contribution < -0.4 is 5.32 Å². The van der Waals surface area contributed by atoms with Crippen LogP contribution in [-0.4, -0.2) is 50.9 Å². The molecule has 0 radical (unpaired) electrons. The van der Waals surface area contributed by atoms with Gasteiger partial charge < -0.3 is 5.32 Å². The first kappa shape index (κ1) is 14.5. The van der Waals surface area contributed by atoms with Gasteiger partial charge in [-0.25, -0.2) is 0 Å². The van der Waals surface area contributed by atoms with Crippen LogP contribution in [0, 0.1) is 0 Å². The van der Waals surface area contributed by atoms with E-state index in [1.807, 2.05) is 0 Å². The van der Waals surface area contributed by atoms with Crippen molar-refractivity contribution in [3.63, 3.8) is 0 Å². The quantitative estimate of drug-likeness (QED) is 0.823. The molecule has 1 aromatic carbocycles. The summed E-state index contributed by atoms with van der Waals surface area (Å²) in [5, 5.41) is 12.9. The summed E-state index contributed by atoms with van der Waals surface area (Å²) >= 11 is 11.6. The van der Waals surface area contributed by atoms with Gasteiger partial charge in [0.15, 0.2) is 5.69 Å². The summed E-state index contributed by atoms with van der Waals surface area (Å²) in [6, 6.07) is 4.79. The molecule has 0 aliphatic carbocycles. The zero-order chi connectivity index (χ0) is 11.5. The number of hydrogen-bond donors (Lipinski definition) is 2. The van der Waals surface area contributed by atoms with Gasteiger partial charge in [0.1, 0.15) is 0 Å². The van der Waals surface area contributed by atoms with Crippen molar-refractivity contribution in [3.05, 3.63) is 40.1 Å². The van der Waals surface area contributed by atoms with Gasteiger partial charge in [0.25, 0.3) is 5.91 Å². The number of benzene rings is 1. The number of aromatic nitrogens is 3. The molecule has 0 unspecified atom stereocenters. The number of nitrogens with one attached hydrogen (secondary N) is 2. The molecule has 5 nitrogen and oxygen atoms in total. The summed E-state index contributed by atoms with van der Waals surface area (Å²) in [5.41, 5.74) is 0.657. The van der Waals surface area contributed by atoms with E-state index in [1.165, 1.54) is 6.20 Å². The molecule has 0 saturated heterocycles. The predicted octanol–water partition coefficient (Wildman–Crippen LogP) is 1.72. The van der Waals surface area contributed by atoms with Gasteiger partial charge in [-0.3, -0.25) is 9.89 Å². The Morgan fingerprint density at radius 2 is 2.12 bits per heavy atom. The second-order valence-electron chi connectivity index (χ2n) is 2.94. The average molecular weight is 281 g/mol. The maximum atomic E-state index is 11.6. The molecule has 0 bridgehead atoms. The third-order valence-corrected chi connectivity index (χ3v) is 2.38. The van der Waals surface area contributed by atoms with Gasteiger partial charge in [-0.2, -0.15) is 0 Å². The van der Waals surface area contributed by atoms with E-state index in [2.05, 4.69) is 20.7 Å². The fourth-order valence-corrected chi connectivity index (χ4v) is 1.55. The van der Waals surface area contributed by atoms with Crippen LogP contribution in [0.25, 0.3) is 0 Å². The molecule has 1 aromatic heterocycles. The van der Waals surface area contributed by atoms with Gasteiger partial charge in [0.05, 0.1) is 16.9 Å². The SMILES string of the molecule is O=C(Nc1ccc(Cl)cc1Cl)c1c[nH]nn1.[NaH]. The first-order valence-corrected chi connectivity index (χ1v) is 5.05. The minimum atomic E-state index is -0.391. The third kappa shape index (κ3) is 3.69. The van der Waals surface area contributed by atoms with Crippen molar-refractivity contribution in [2.24, 2.45) is 0 Å². The molecular formula is C9H7Cl2N4NaO. The number of aromatic amines is 1. The molecule has 2 rings (SSSR count). The first-order chi connectivity index (χ1) is 7.66. The Bertz CT molecular complexity index is 518. The second kappa shape index (κ2) is 6.37. The Hall–Kier alpha value is -0.590. The molecule has 0 aliphatic heterocycles. The first-order valence-electron chi connectivity index (χ1n) is 4.29. The Morgan fingerprint density at radius 1 is 1.35 bits per heavy atom. The van der Waals surface area contributed by atoms with Gasteiger partial charge in [-0.05, 0) is 18.2 Å². The zero-order valence-corrected chi connectivity index (χ0v) is 9.38.